The Balaban J connectivity index is 1.44. The first-order valence-electron chi connectivity index (χ1n) is 14.3. The first-order chi connectivity index (χ1) is 20.9. The van der Waals surface area contributed by atoms with Gasteiger partial charge in [-0.15, -0.1) is 0 Å². The summed E-state index contributed by atoms with van der Waals surface area (Å²) >= 11 is 6.69. The molecule has 230 valence electrons. The number of likely N-dealkylation sites (tertiary alicyclic amines) is 1. The van der Waals surface area contributed by atoms with Gasteiger partial charge in [0.05, 0.1) is 51.7 Å². The summed E-state index contributed by atoms with van der Waals surface area (Å²) in [7, 11) is 3.05. The molecule has 0 spiro atoms. The Morgan fingerprint density at radius 3 is 2.72 bits per heavy atom. The van der Waals surface area contributed by atoms with E-state index in [1.54, 1.807) is 33.9 Å². The third-order valence-corrected chi connectivity index (χ3v) is 8.09. The minimum Gasteiger partial charge on any atom is -0.497 e. The van der Waals surface area contributed by atoms with E-state index in [4.69, 9.17) is 35.5 Å². The number of carbonyl (C=O) groups is 1. The van der Waals surface area contributed by atoms with E-state index in [0.29, 0.717) is 70.7 Å². The number of benzene rings is 1. The summed E-state index contributed by atoms with van der Waals surface area (Å²) in [6, 6.07) is 5.11. The van der Waals surface area contributed by atoms with Crippen LogP contribution in [0.1, 0.15) is 6.42 Å². The van der Waals surface area contributed by atoms with E-state index in [1.807, 2.05) is 0 Å². The highest BCUT2D eigenvalue weighted by atomic mass is 35.5. The van der Waals surface area contributed by atoms with Crippen molar-refractivity contribution in [2.75, 3.05) is 78.6 Å². The molecule has 1 N–H and O–H groups in total. The summed E-state index contributed by atoms with van der Waals surface area (Å²) in [6.07, 6.45) is 3.59. The van der Waals surface area contributed by atoms with Crippen LogP contribution in [0.5, 0.6) is 11.5 Å². The number of morpholine rings is 1. The number of ether oxygens (including phenoxy) is 4. The first kappa shape index (κ1) is 30.7. The number of halogens is 1. The molecule has 0 aliphatic carbocycles. The SMILES string of the molecule is C=CC(=O)N1CCC(OCCn2c(=O)c(-c3cc(OC)cc(OC)c3Cl)cc3cnc(NCCN4CCOCC4)nc32)C1. The van der Waals surface area contributed by atoms with Crippen LogP contribution in [-0.4, -0.2) is 110 Å². The quantitative estimate of drug-likeness (QED) is 0.306. The molecule has 1 aromatic carbocycles. The van der Waals surface area contributed by atoms with Gasteiger partial charge in [0.2, 0.25) is 11.9 Å². The summed E-state index contributed by atoms with van der Waals surface area (Å²) < 4.78 is 24.0. The summed E-state index contributed by atoms with van der Waals surface area (Å²) in [6.45, 7) is 9.86. The lowest BCUT2D eigenvalue weighted by Gasteiger charge is -2.26. The highest BCUT2D eigenvalue weighted by Crippen LogP contribution is 2.38. The molecular weight excluding hydrogens is 576 g/mol. The van der Waals surface area contributed by atoms with E-state index >= 15 is 0 Å². The Morgan fingerprint density at radius 2 is 1.98 bits per heavy atom. The zero-order valence-corrected chi connectivity index (χ0v) is 25.3. The van der Waals surface area contributed by atoms with Gasteiger partial charge >= 0.3 is 0 Å². The van der Waals surface area contributed by atoms with Crippen LogP contribution in [0.15, 0.2) is 41.8 Å². The lowest BCUT2D eigenvalue weighted by atomic mass is 10.0. The lowest BCUT2D eigenvalue weighted by Crippen LogP contribution is -2.39. The first-order valence-corrected chi connectivity index (χ1v) is 14.7. The van der Waals surface area contributed by atoms with Crippen LogP contribution in [-0.2, 0) is 20.8 Å². The summed E-state index contributed by atoms with van der Waals surface area (Å²) in [5.41, 5.74) is 1.01. The predicted octanol–water partition coefficient (Wildman–Crippen LogP) is 2.68. The number of anilines is 1. The van der Waals surface area contributed by atoms with Crippen molar-refractivity contribution < 1.29 is 23.7 Å². The Labute approximate surface area is 255 Å². The van der Waals surface area contributed by atoms with E-state index in [0.717, 1.165) is 32.8 Å². The second-order valence-corrected chi connectivity index (χ2v) is 10.7. The largest absolute Gasteiger partial charge is 0.497 e. The predicted molar refractivity (Wildman–Crippen MR) is 164 cm³/mol. The number of methoxy groups -OCH3 is 2. The van der Waals surface area contributed by atoms with Crippen molar-refractivity contribution in [2.45, 2.75) is 19.1 Å². The number of rotatable bonds is 12. The van der Waals surface area contributed by atoms with Gasteiger partial charge in [0.25, 0.3) is 5.56 Å². The molecule has 4 heterocycles. The fraction of sp³-hybridized carbons (Fsp3) is 0.467. The van der Waals surface area contributed by atoms with Crippen LogP contribution < -0.4 is 20.3 Å². The molecule has 1 amide bonds. The molecule has 1 unspecified atom stereocenters. The maximum Gasteiger partial charge on any atom is 0.260 e. The van der Waals surface area contributed by atoms with Gasteiger partial charge in [-0.05, 0) is 24.6 Å². The van der Waals surface area contributed by atoms with Gasteiger partial charge in [-0.25, -0.2) is 4.98 Å². The fourth-order valence-electron chi connectivity index (χ4n) is 5.33. The number of nitrogens with one attached hydrogen (secondary N) is 1. The number of hydrogen-bond acceptors (Lipinski definition) is 10. The van der Waals surface area contributed by atoms with Gasteiger partial charge in [0, 0.05) is 68.0 Å². The Kier molecular flexibility index (Phi) is 10.1. The molecule has 5 rings (SSSR count). The van der Waals surface area contributed by atoms with E-state index < -0.39 is 0 Å². The molecule has 2 fully saturated rings. The molecule has 2 aromatic heterocycles. The van der Waals surface area contributed by atoms with Crippen LogP contribution in [0.2, 0.25) is 5.02 Å². The molecule has 3 aromatic rings. The third kappa shape index (κ3) is 7.10. The van der Waals surface area contributed by atoms with Crippen molar-refractivity contribution in [1.82, 2.24) is 24.3 Å². The van der Waals surface area contributed by atoms with Crippen LogP contribution >= 0.6 is 11.6 Å². The molecule has 2 aliphatic rings. The van der Waals surface area contributed by atoms with Gasteiger partial charge in [0.15, 0.2) is 0 Å². The molecular formula is C30H37ClN6O6. The van der Waals surface area contributed by atoms with Gasteiger partial charge < -0.3 is 29.2 Å². The molecule has 2 aliphatic heterocycles. The highest BCUT2D eigenvalue weighted by Gasteiger charge is 2.26. The third-order valence-electron chi connectivity index (χ3n) is 7.70. The molecule has 43 heavy (non-hydrogen) atoms. The van der Waals surface area contributed by atoms with Gasteiger partial charge in [-0.2, -0.15) is 4.98 Å². The van der Waals surface area contributed by atoms with Crippen molar-refractivity contribution in [3.05, 3.63) is 52.4 Å². The summed E-state index contributed by atoms with van der Waals surface area (Å²) in [5.74, 6) is 1.21. The Morgan fingerprint density at radius 1 is 1.16 bits per heavy atom. The maximum atomic E-state index is 14.1. The summed E-state index contributed by atoms with van der Waals surface area (Å²) in [4.78, 5) is 39.3. The van der Waals surface area contributed by atoms with E-state index in [1.165, 1.54) is 20.3 Å². The number of amides is 1. The topological polar surface area (TPSA) is 120 Å². The molecule has 0 radical (unpaired) electrons. The monoisotopic (exact) mass is 612 g/mol. The minimum absolute atomic E-state index is 0.114. The number of fused-ring (bicyclic) bond motifs is 1. The molecule has 0 bridgehead atoms. The van der Waals surface area contributed by atoms with Gasteiger partial charge in [0.1, 0.15) is 17.1 Å². The van der Waals surface area contributed by atoms with Crippen molar-refractivity contribution in [1.29, 1.82) is 0 Å². The van der Waals surface area contributed by atoms with Crippen LogP contribution in [0.25, 0.3) is 22.2 Å². The van der Waals surface area contributed by atoms with Crippen LogP contribution in [0.4, 0.5) is 5.95 Å². The van der Waals surface area contributed by atoms with Crippen molar-refractivity contribution >= 4 is 34.5 Å². The summed E-state index contributed by atoms with van der Waals surface area (Å²) in [5, 5.41) is 4.24. The smallest absolute Gasteiger partial charge is 0.260 e. The van der Waals surface area contributed by atoms with Gasteiger partial charge in [-0.1, -0.05) is 18.2 Å². The number of nitrogens with zero attached hydrogens (tertiary/aromatic N) is 5. The second kappa shape index (κ2) is 14.2. The Hall–Kier alpha value is -3.71. The van der Waals surface area contributed by atoms with E-state index in [9.17, 15) is 9.59 Å². The number of carbonyl (C=O) groups excluding carboxylic acids is 1. The zero-order chi connectivity index (χ0) is 30.3. The number of aromatic nitrogens is 3. The lowest BCUT2D eigenvalue weighted by molar-refractivity contribution is -0.125. The molecule has 2 saturated heterocycles. The normalized spacial score (nSPS) is 17.3. The fourth-order valence-corrected chi connectivity index (χ4v) is 5.62. The number of hydrogen-bond donors (Lipinski definition) is 1. The van der Waals surface area contributed by atoms with E-state index in [2.05, 4.69) is 21.8 Å². The average Bonchev–Trinajstić information content (AvgIpc) is 3.51. The standard InChI is InChI=1S/C30H37ClN6O6/c1-4-26(38)36-7-5-21(19-36)43-14-11-37-28-20(18-33-30(34-28)32-6-8-35-9-12-42-13-10-35)15-24(29(37)39)23-16-22(40-2)17-25(41-3)27(23)31/h4,15-18,21H,1,5-14,19H2,2-3H3,(H,32,33,34). The van der Waals surface area contributed by atoms with Crippen LogP contribution in [0, 0.1) is 0 Å². The molecule has 13 heteroatoms. The van der Waals surface area contributed by atoms with Crippen molar-refractivity contribution in [3.63, 3.8) is 0 Å². The minimum atomic E-state index is -0.291. The Bertz CT molecular complexity index is 1530. The molecule has 0 saturated carbocycles. The average molecular weight is 613 g/mol. The second-order valence-electron chi connectivity index (χ2n) is 10.3. The van der Waals surface area contributed by atoms with Crippen molar-refractivity contribution in [3.8, 4) is 22.6 Å². The van der Waals surface area contributed by atoms with Crippen LogP contribution in [0.3, 0.4) is 0 Å². The molecule has 12 nitrogen and oxygen atoms in total. The highest BCUT2D eigenvalue weighted by molar-refractivity contribution is 6.35. The van der Waals surface area contributed by atoms with Crippen molar-refractivity contribution in [2.24, 2.45) is 0 Å². The zero-order valence-electron chi connectivity index (χ0n) is 24.5. The maximum absolute atomic E-state index is 14.1. The van der Waals surface area contributed by atoms with Gasteiger partial charge in [-0.3, -0.25) is 19.1 Å². The van der Waals surface area contributed by atoms with E-state index in [-0.39, 0.29) is 30.7 Å². The molecule has 1 atom stereocenters. The number of pyridine rings is 1.